The summed E-state index contributed by atoms with van der Waals surface area (Å²) in [7, 11) is 0. The smallest absolute Gasteiger partial charge is 0.113 e. The fraction of sp³-hybridized carbons (Fsp3) is 0.333. The largest absolute Gasteiger partial charge is 0.374 e. The van der Waals surface area contributed by atoms with Crippen LogP contribution in [0.1, 0.15) is 5.56 Å². The van der Waals surface area contributed by atoms with Crippen molar-refractivity contribution in [2.45, 2.75) is 6.61 Å². The lowest BCUT2D eigenvalue weighted by molar-refractivity contribution is 0.106. The highest BCUT2D eigenvalue weighted by molar-refractivity contribution is 6.30. The molecule has 0 saturated carbocycles. The molecule has 0 unspecified atom stereocenters. The van der Waals surface area contributed by atoms with Gasteiger partial charge in [0.1, 0.15) is 6.67 Å². The highest BCUT2D eigenvalue weighted by atomic mass is 35.5. The van der Waals surface area contributed by atoms with Gasteiger partial charge in [-0.2, -0.15) is 0 Å². The second-order valence-corrected chi connectivity index (χ2v) is 2.80. The number of benzene rings is 1. The minimum atomic E-state index is -0.437. The Balaban J connectivity index is 2.37. The molecule has 0 bridgehead atoms. The van der Waals surface area contributed by atoms with Crippen LogP contribution in [-0.2, 0) is 11.3 Å². The van der Waals surface area contributed by atoms with Crippen molar-refractivity contribution in [1.29, 1.82) is 0 Å². The van der Waals surface area contributed by atoms with Gasteiger partial charge in [0.05, 0.1) is 13.2 Å². The zero-order valence-corrected chi connectivity index (χ0v) is 7.35. The summed E-state index contributed by atoms with van der Waals surface area (Å²) in [4.78, 5) is 0. The lowest BCUT2D eigenvalue weighted by Crippen LogP contribution is -1.96. The van der Waals surface area contributed by atoms with E-state index in [1.165, 1.54) is 0 Å². The third-order valence-corrected chi connectivity index (χ3v) is 1.66. The first kappa shape index (κ1) is 9.49. The molecule has 0 aliphatic rings. The first-order chi connectivity index (χ1) is 5.83. The van der Waals surface area contributed by atoms with Gasteiger partial charge in [-0.1, -0.05) is 23.7 Å². The van der Waals surface area contributed by atoms with Crippen LogP contribution in [0, 0.1) is 0 Å². The molecular formula is C9H10ClFO. The second-order valence-electron chi connectivity index (χ2n) is 2.37. The molecule has 66 valence electrons. The van der Waals surface area contributed by atoms with E-state index in [4.69, 9.17) is 16.3 Å². The van der Waals surface area contributed by atoms with Gasteiger partial charge in [0.2, 0.25) is 0 Å². The van der Waals surface area contributed by atoms with Crippen LogP contribution in [0.2, 0.25) is 5.02 Å². The van der Waals surface area contributed by atoms with E-state index in [0.29, 0.717) is 11.6 Å². The first-order valence-corrected chi connectivity index (χ1v) is 4.09. The number of halogens is 2. The molecule has 0 aromatic heterocycles. The molecule has 0 fully saturated rings. The molecule has 0 spiro atoms. The summed E-state index contributed by atoms with van der Waals surface area (Å²) in [6.45, 7) is 0.164. The predicted molar refractivity (Wildman–Crippen MR) is 47.1 cm³/mol. The van der Waals surface area contributed by atoms with E-state index in [9.17, 15) is 4.39 Å². The molecule has 12 heavy (non-hydrogen) atoms. The van der Waals surface area contributed by atoms with Crippen molar-refractivity contribution in [2.75, 3.05) is 13.3 Å². The lowest BCUT2D eigenvalue weighted by atomic mass is 10.2. The third kappa shape index (κ3) is 3.20. The summed E-state index contributed by atoms with van der Waals surface area (Å²) in [5.74, 6) is 0. The minimum Gasteiger partial charge on any atom is -0.374 e. The summed E-state index contributed by atoms with van der Waals surface area (Å²) in [6.07, 6.45) is 0. The molecule has 0 aliphatic carbocycles. The number of hydrogen-bond donors (Lipinski definition) is 0. The van der Waals surface area contributed by atoms with Crippen LogP contribution in [0.25, 0.3) is 0 Å². The summed E-state index contributed by atoms with van der Waals surface area (Å²) in [6, 6.07) is 7.30. The Hall–Kier alpha value is -0.600. The Morgan fingerprint density at radius 3 is 2.50 bits per heavy atom. The SMILES string of the molecule is FCCOCc1ccc(Cl)cc1. The molecular weight excluding hydrogens is 179 g/mol. The molecule has 1 rings (SSSR count). The molecule has 1 aromatic rings. The highest BCUT2D eigenvalue weighted by Gasteiger charge is 1.92. The lowest BCUT2D eigenvalue weighted by Gasteiger charge is -2.01. The maximum atomic E-state index is 11.6. The van der Waals surface area contributed by atoms with E-state index >= 15 is 0 Å². The average Bonchev–Trinajstić information content (AvgIpc) is 2.09. The van der Waals surface area contributed by atoms with Gasteiger partial charge in [0, 0.05) is 5.02 Å². The maximum Gasteiger partial charge on any atom is 0.113 e. The van der Waals surface area contributed by atoms with Crippen molar-refractivity contribution < 1.29 is 9.13 Å². The van der Waals surface area contributed by atoms with Crippen molar-refractivity contribution >= 4 is 11.6 Å². The van der Waals surface area contributed by atoms with Crippen molar-refractivity contribution in [3.63, 3.8) is 0 Å². The fourth-order valence-electron chi connectivity index (χ4n) is 0.825. The van der Waals surface area contributed by atoms with Gasteiger partial charge < -0.3 is 4.74 Å². The Kier molecular flexibility index (Phi) is 4.05. The first-order valence-electron chi connectivity index (χ1n) is 3.71. The number of alkyl halides is 1. The number of ether oxygens (including phenoxy) is 1. The highest BCUT2D eigenvalue weighted by Crippen LogP contribution is 2.09. The Morgan fingerprint density at radius 2 is 1.92 bits per heavy atom. The van der Waals surface area contributed by atoms with E-state index < -0.39 is 6.67 Å². The van der Waals surface area contributed by atoms with Crippen LogP contribution in [0.15, 0.2) is 24.3 Å². The zero-order chi connectivity index (χ0) is 8.81. The molecule has 0 aliphatic heterocycles. The molecule has 0 radical (unpaired) electrons. The zero-order valence-electron chi connectivity index (χ0n) is 6.59. The summed E-state index contributed by atoms with van der Waals surface area (Å²) >= 11 is 5.67. The van der Waals surface area contributed by atoms with Crippen LogP contribution in [-0.4, -0.2) is 13.3 Å². The van der Waals surface area contributed by atoms with Crippen molar-refractivity contribution in [3.05, 3.63) is 34.9 Å². The van der Waals surface area contributed by atoms with Gasteiger partial charge in [-0.15, -0.1) is 0 Å². The molecule has 0 amide bonds. The monoisotopic (exact) mass is 188 g/mol. The fourth-order valence-corrected chi connectivity index (χ4v) is 0.951. The van der Waals surface area contributed by atoms with Crippen LogP contribution < -0.4 is 0 Å². The van der Waals surface area contributed by atoms with E-state index in [0.717, 1.165) is 5.56 Å². The van der Waals surface area contributed by atoms with Gasteiger partial charge >= 0.3 is 0 Å². The van der Waals surface area contributed by atoms with Gasteiger partial charge in [-0.05, 0) is 17.7 Å². The Morgan fingerprint density at radius 1 is 1.25 bits per heavy atom. The van der Waals surface area contributed by atoms with Crippen LogP contribution in [0.4, 0.5) is 4.39 Å². The van der Waals surface area contributed by atoms with E-state index in [-0.39, 0.29) is 6.61 Å². The van der Waals surface area contributed by atoms with Gasteiger partial charge in [-0.25, -0.2) is 4.39 Å². The molecule has 0 atom stereocenters. The Labute approximate surface area is 76.1 Å². The summed E-state index contributed by atoms with van der Waals surface area (Å²) in [5, 5.41) is 0.698. The van der Waals surface area contributed by atoms with E-state index in [1.54, 1.807) is 12.1 Å². The molecule has 3 heteroatoms. The molecule has 1 nitrogen and oxygen atoms in total. The van der Waals surface area contributed by atoms with Crippen LogP contribution in [0.3, 0.4) is 0 Å². The van der Waals surface area contributed by atoms with E-state index in [1.807, 2.05) is 12.1 Å². The van der Waals surface area contributed by atoms with Gasteiger partial charge in [0.25, 0.3) is 0 Å². The molecule has 0 heterocycles. The normalized spacial score (nSPS) is 10.2. The quantitative estimate of drug-likeness (QED) is 0.661. The van der Waals surface area contributed by atoms with Crippen LogP contribution >= 0.6 is 11.6 Å². The average molecular weight is 189 g/mol. The third-order valence-electron chi connectivity index (χ3n) is 1.40. The van der Waals surface area contributed by atoms with Gasteiger partial charge in [-0.3, -0.25) is 0 Å². The summed E-state index contributed by atoms with van der Waals surface area (Å²) < 4.78 is 16.6. The molecule has 0 saturated heterocycles. The predicted octanol–water partition coefficient (Wildman–Crippen LogP) is 2.83. The van der Waals surface area contributed by atoms with Crippen LogP contribution in [0.5, 0.6) is 0 Å². The topological polar surface area (TPSA) is 9.23 Å². The minimum absolute atomic E-state index is 0.155. The van der Waals surface area contributed by atoms with Crippen molar-refractivity contribution in [1.82, 2.24) is 0 Å². The second kappa shape index (κ2) is 5.12. The number of rotatable bonds is 4. The van der Waals surface area contributed by atoms with E-state index in [2.05, 4.69) is 0 Å². The Bertz CT molecular complexity index is 222. The van der Waals surface area contributed by atoms with Crippen molar-refractivity contribution in [2.24, 2.45) is 0 Å². The number of hydrogen-bond acceptors (Lipinski definition) is 1. The van der Waals surface area contributed by atoms with Gasteiger partial charge in [0.15, 0.2) is 0 Å². The standard InChI is InChI=1S/C9H10ClFO/c10-9-3-1-8(2-4-9)7-12-6-5-11/h1-4H,5-7H2. The molecule has 0 N–H and O–H groups in total. The van der Waals surface area contributed by atoms with Crippen molar-refractivity contribution in [3.8, 4) is 0 Å². The summed E-state index contributed by atoms with van der Waals surface area (Å²) in [5.41, 5.74) is 1.01. The maximum absolute atomic E-state index is 11.6. The molecule has 1 aromatic carbocycles.